The monoisotopic (exact) mass is 619 g/mol. The van der Waals surface area contributed by atoms with Crippen LogP contribution < -0.4 is 0 Å². The van der Waals surface area contributed by atoms with Gasteiger partial charge in [0.05, 0.1) is 17.1 Å². The number of carbonyl (C=O) groups excluding carboxylic acids is 2. The van der Waals surface area contributed by atoms with Crippen LogP contribution in [0, 0.1) is 18.3 Å². The van der Waals surface area contributed by atoms with Crippen LogP contribution >= 0.6 is 0 Å². The molecule has 0 aliphatic carbocycles. The third-order valence-electron chi connectivity index (χ3n) is 7.80. The molecule has 0 N–H and O–H groups in total. The quantitative estimate of drug-likeness (QED) is 0.176. The molecule has 0 atom stereocenters. The van der Waals surface area contributed by atoms with Crippen LogP contribution in [0.1, 0.15) is 37.5 Å². The number of nitriles is 1. The summed E-state index contributed by atoms with van der Waals surface area (Å²) in [7, 11) is -3.75. The molecule has 45 heavy (non-hydrogen) atoms. The molecule has 0 saturated heterocycles. The number of aryl methyl sites for hydroxylation is 1. The zero-order valence-electron chi connectivity index (χ0n) is 25.6. The third-order valence-corrected chi connectivity index (χ3v) is 9.85. The van der Waals surface area contributed by atoms with Crippen LogP contribution in [-0.4, -0.2) is 52.3 Å². The van der Waals surface area contributed by atoms with Gasteiger partial charge in [-0.05, 0) is 55.3 Å². The molecule has 2 amide bonds. The highest BCUT2D eigenvalue weighted by molar-refractivity contribution is 7.89. The van der Waals surface area contributed by atoms with Crippen LogP contribution in [0.15, 0.2) is 107 Å². The summed E-state index contributed by atoms with van der Waals surface area (Å²) in [5.41, 5.74) is 4.36. The first-order valence-electron chi connectivity index (χ1n) is 14.6. The maximum Gasteiger partial charge on any atom is 0.271 e. The fourth-order valence-corrected chi connectivity index (χ4v) is 6.76. The first kappa shape index (κ1) is 31.3. The molecule has 9 nitrogen and oxygen atoms in total. The molecule has 0 unspecified atom stereocenters. The van der Waals surface area contributed by atoms with Crippen molar-refractivity contribution in [2.24, 2.45) is 0 Å². The van der Waals surface area contributed by atoms with Gasteiger partial charge in [-0.25, -0.2) is 13.1 Å². The molecule has 1 aliphatic heterocycles. The Morgan fingerprint density at radius 2 is 1.60 bits per heavy atom. The van der Waals surface area contributed by atoms with Gasteiger partial charge in [0, 0.05) is 36.0 Å². The molecule has 1 aliphatic rings. The molecule has 4 aromatic rings. The Hall–Kier alpha value is -5.11. The van der Waals surface area contributed by atoms with Gasteiger partial charge in [0.15, 0.2) is 0 Å². The van der Waals surface area contributed by atoms with E-state index in [1.54, 1.807) is 62.0 Å². The van der Waals surface area contributed by atoms with Crippen LogP contribution in [0.3, 0.4) is 0 Å². The molecule has 10 heteroatoms. The van der Waals surface area contributed by atoms with Gasteiger partial charge >= 0.3 is 0 Å². The number of rotatable bonds is 9. The second-order valence-corrected chi connectivity index (χ2v) is 12.6. The van der Waals surface area contributed by atoms with Crippen LogP contribution in [0.5, 0.6) is 0 Å². The summed E-state index contributed by atoms with van der Waals surface area (Å²) in [5, 5.41) is 14.7. The molecule has 0 radical (unpaired) electrons. The number of amides is 2. The Kier molecular flexibility index (Phi) is 8.95. The Morgan fingerprint density at radius 3 is 2.24 bits per heavy atom. The first-order valence-corrected chi connectivity index (χ1v) is 16.0. The highest BCUT2D eigenvalue weighted by atomic mass is 32.2. The lowest BCUT2D eigenvalue weighted by Crippen LogP contribution is -2.42. The number of para-hydroxylation sites is 1. The fraction of sp³-hybridized carbons (Fsp3) is 0.200. The molecule has 2 heterocycles. The van der Waals surface area contributed by atoms with Gasteiger partial charge in [-0.2, -0.15) is 14.7 Å². The van der Waals surface area contributed by atoms with Crippen LogP contribution in [0.25, 0.3) is 23.0 Å². The highest BCUT2D eigenvalue weighted by Crippen LogP contribution is 2.33. The Bertz CT molecular complexity index is 1980. The number of imide groups is 1. The molecule has 0 bridgehead atoms. The molecular weight excluding hydrogens is 586 g/mol. The summed E-state index contributed by atoms with van der Waals surface area (Å²) in [4.78, 5) is 28.4. The zero-order chi connectivity index (χ0) is 32.3. The zero-order valence-corrected chi connectivity index (χ0v) is 26.4. The average Bonchev–Trinajstić information content (AvgIpc) is 3.47. The van der Waals surface area contributed by atoms with Crippen molar-refractivity contribution in [1.29, 1.82) is 5.26 Å². The lowest BCUT2D eigenvalue weighted by atomic mass is 9.93. The van der Waals surface area contributed by atoms with Crippen molar-refractivity contribution in [1.82, 2.24) is 19.0 Å². The minimum atomic E-state index is -3.75. The smallest absolute Gasteiger partial charge is 0.269 e. The van der Waals surface area contributed by atoms with E-state index in [1.807, 2.05) is 67.6 Å². The largest absolute Gasteiger partial charge is 0.271 e. The molecule has 0 saturated carbocycles. The van der Waals surface area contributed by atoms with Crippen molar-refractivity contribution in [3.8, 4) is 23.0 Å². The number of benzene rings is 3. The number of nitrogens with zero attached hydrogens (tertiary/aromatic N) is 5. The summed E-state index contributed by atoms with van der Waals surface area (Å²) in [6.07, 6.45) is 3.37. The predicted molar refractivity (Wildman–Crippen MR) is 172 cm³/mol. The lowest BCUT2D eigenvalue weighted by Gasteiger charge is -2.27. The number of carbonyl (C=O) groups is 2. The normalized spacial score (nSPS) is 14.8. The summed E-state index contributed by atoms with van der Waals surface area (Å²) < 4.78 is 29.8. The summed E-state index contributed by atoms with van der Waals surface area (Å²) >= 11 is 0. The Balaban J connectivity index is 1.67. The third kappa shape index (κ3) is 6.13. The molecule has 0 spiro atoms. The van der Waals surface area contributed by atoms with Crippen LogP contribution in [-0.2, 0) is 26.2 Å². The van der Waals surface area contributed by atoms with E-state index in [-0.39, 0.29) is 28.2 Å². The van der Waals surface area contributed by atoms with E-state index < -0.39 is 21.8 Å². The number of hydrogen-bond acceptors (Lipinski definition) is 6. The van der Waals surface area contributed by atoms with Crippen molar-refractivity contribution in [3.63, 3.8) is 0 Å². The van der Waals surface area contributed by atoms with E-state index in [0.29, 0.717) is 29.9 Å². The Morgan fingerprint density at radius 1 is 0.911 bits per heavy atom. The maximum absolute atomic E-state index is 13.9. The highest BCUT2D eigenvalue weighted by Gasteiger charge is 2.36. The van der Waals surface area contributed by atoms with Crippen molar-refractivity contribution in [2.75, 3.05) is 13.1 Å². The molecule has 228 valence electrons. The van der Waals surface area contributed by atoms with Crippen LogP contribution in [0.2, 0.25) is 0 Å². The van der Waals surface area contributed by atoms with Gasteiger partial charge < -0.3 is 0 Å². The predicted octanol–water partition coefficient (Wildman–Crippen LogP) is 5.67. The summed E-state index contributed by atoms with van der Waals surface area (Å²) in [6.45, 7) is 7.78. The second kappa shape index (κ2) is 12.9. The summed E-state index contributed by atoms with van der Waals surface area (Å²) in [5.74, 6) is -1.18. The van der Waals surface area contributed by atoms with Gasteiger partial charge in [0.25, 0.3) is 11.8 Å². The maximum atomic E-state index is 13.9. The van der Waals surface area contributed by atoms with Crippen molar-refractivity contribution < 1.29 is 18.0 Å². The van der Waals surface area contributed by atoms with E-state index in [0.717, 1.165) is 21.7 Å². The number of aromatic nitrogens is 2. The van der Waals surface area contributed by atoms with Gasteiger partial charge in [0.2, 0.25) is 10.0 Å². The SMILES string of the molecule is CCN(CC)S(=O)(=O)c1cccc(-c2nn(-c3ccccc3)cc2/C=C2/C(=O)N(Cc3ccc(C)cc3)C(=O)C(C#N)=C2C)c1. The average molecular weight is 620 g/mol. The molecule has 5 rings (SSSR count). The minimum absolute atomic E-state index is 0.00907. The Labute approximate surface area is 263 Å². The standard InChI is InChI=1S/C35H33N5O4S/c1-5-38(6-2)45(43,44)30-14-10-11-27(19-30)33-28(23-40(37-33)29-12-8-7-9-13-29)20-31-25(4)32(21-36)35(42)39(34(31)41)22-26-17-15-24(3)16-18-26/h7-20,23H,5-6,22H2,1-4H3/b31-20+. The molecule has 3 aromatic carbocycles. The van der Waals surface area contributed by atoms with E-state index in [1.165, 1.54) is 4.31 Å². The van der Waals surface area contributed by atoms with Gasteiger partial charge in [-0.1, -0.05) is 74.0 Å². The van der Waals surface area contributed by atoms with E-state index in [9.17, 15) is 23.3 Å². The van der Waals surface area contributed by atoms with Gasteiger partial charge in [-0.3, -0.25) is 14.5 Å². The van der Waals surface area contributed by atoms with E-state index in [2.05, 4.69) is 0 Å². The second-order valence-electron chi connectivity index (χ2n) is 10.7. The van der Waals surface area contributed by atoms with Gasteiger partial charge in [0.1, 0.15) is 17.3 Å². The van der Waals surface area contributed by atoms with Crippen LogP contribution in [0.4, 0.5) is 0 Å². The van der Waals surface area contributed by atoms with Crippen molar-refractivity contribution >= 4 is 27.9 Å². The number of sulfonamides is 1. The van der Waals surface area contributed by atoms with E-state index in [4.69, 9.17) is 5.10 Å². The minimum Gasteiger partial charge on any atom is -0.269 e. The van der Waals surface area contributed by atoms with E-state index >= 15 is 0 Å². The fourth-order valence-electron chi connectivity index (χ4n) is 5.25. The first-order chi connectivity index (χ1) is 21.6. The summed E-state index contributed by atoms with van der Waals surface area (Å²) in [6, 6.07) is 25.4. The topological polar surface area (TPSA) is 116 Å². The van der Waals surface area contributed by atoms with Crippen molar-refractivity contribution in [2.45, 2.75) is 39.1 Å². The van der Waals surface area contributed by atoms with Gasteiger partial charge in [-0.15, -0.1) is 0 Å². The molecular formula is C35H33N5O4S. The number of hydrogen-bond donors (Lipinski definition) is 0. The van der Waals surface area contributed by atoms with Crippen molar-refractivity contribution in [3.05, 3.63) is 118 Å². The lowest BCUT2D eigenvalue weighted by molar-refractivity contribution is -0.141. The molecule has 0 fully saturated rings. The molecule has 1 aromatic heterocycles.